The van der Waals surface area contributed by atoms with E-state index in [0.29, 0.717) is 40.7 Å². The van der Waals surface area contributed by atoms with Crippen LogP contribution >= 0.6 is 11.3 Å². The molecule has 7 heterocycles. The van der Waals surface area contributed by atoms with Gasteiger partial charge in [-0.25, -0.2) is 18.7 Å². The first-order chi connectivity index (χ1) is 19.3. The van der Waals surface area contributed by atoms with Gasteiger partial charge in [0.2, 0.25) is 0 Å². The van der Waals surface area contributed by atoms with Gasteiger partial charge in [0.25, 0.3) is 5.92 Å². The van der Waals surface area contributed by atoms with Crippen molar-refractivity contribution in [3.8, 4) is 33.2 Å². The summed E-state index contributed by atoms with van der Waals surface area (Å²) in [5.41, 5.74) is 6.53. The number of alkyl halides is 2. The van der Waals surface area contributed by atoms with Crippen LogP contribution in [0.4, 0.5) is 8.78 Å². The van der Waals surface area contributed by atoms with Gasteiger partial charge >= 0.3 is 0 Å². The summed E-state index contributed by atoms with van der Waals surface area (Å²) in [6.45, 7) is 2.08. The number of fused-ring (bicyclic) bond motifs is 2. The summed E-state index contributed by atoms with van der Waals surface area (Å²) in [6.07, 6.45) is 6.74. The SMILES string of the molecule is CC(=O)c1ccc(-c2cncc3[nH]c(-c4n[nH]c5ccc(-c6cncc(CN7CCC(F)(F)C7)c6)nc45)nc23)s1. The number of nitrogens with one attached hydrogen (secondary N) is 2. The predicted octanol–water partition coefficient (Wildman–Crippen LogP) is 5.73. The number of nitrogens with zero attached hydrogens (tertiary/aromatic N) is 6. The molecule has 12 heteroatoms. The smallest absolute Gasteiger partial charge is 0.261 e. The maximum Gasteiger partial charge on any atom is 0.261 e. The first-order valence-corrected chi connectivity index (χ1v) is 13.5. The molecule has 0 bridgehead atoms. The van der Waals surface area contributed by atoms with Crippen LogP contribution < -0.4 is 0 Å². The minimum absolute atomic E-state index is 0.0160. The lowest BCUT2D eigenvalue weighted by atomic mass is 10.1. The lowest BCUT2D eigenvalue weighted by molar-refractivity contribution is 0.0115. The lowest BCUT2D eigenvalue weighted by Gasteiger charge is -2.15. The van der Waals surface area contributed by atoms with E-state index < -0.39 is 5.92 Å². The van der Waals surface area contributed by atoms with Gasteiger partial charge < -0.3 is 4.98 Å². The first kappa shape index (κ1) is 24.6. The Labute approximate surface area is 230 Å². The molecule has 0 atom stereocenters. The number of thiophene rings is 1. The highest BCUT2D eigenvalue weighted by atomic mass is 32.1. The van der Waals surface area contributed by atoms with E-state index >= 15 is 0 Å². The number of rotatable bonds is 6. The number of hydrogen-bond donors (Lipinski definition) is 2. The number of hydrogen-bond acceptors (Lipinski definition) is 8. The minimum atomic E-state index is -2.63. The van der Waals surface area contributed by atoms with Crippen LogP contribution in [-0.2, 0) is 6.54 Å². The summed E-state index contributed by atoms with van der Waals surface area (Å²) in [6, 6.07) is 9.42. The average molecular weight is 557 g/mol. The molecule has 1 aliphatic heterocycles. The van der Waals surface area contributed by atoms with Crippen molar-refractivity contribution in [2.75, 3.05) is 13.1 Å². The van der Waals surface area contributed by atoms with E-state index in [1.54, 1.807) is 36.6 Å². The molecule has 7 rings (SSSR count). The number of carbonyl (C=O) groups excluding carboxylic acids is 1. The van der Waals surface area contributed by atoms with Gasteiger partial charge in [0.05, 0.1) is 34.3 Å². The van der Waals surface area contributed by atoms with Crippen LogP contribution in [-0.4, -0.2) is 64.8 Å². The van der Waals surface area contributed by atoms with Crippen molar-refractivity contribution < 1.29 is 13.6 Å². The molecule has 0 radical (unpaired) electrons. The van der Waals surface area contributed by atoms with Crippen LogP contribution in [0.1, 0.15) is 28.6 Å². The zero-order chi connectivity index (χ0) is 27.4. The Morgan fingerprint density at radius 1 is 1.05 bits per heavy atom. The van der Waals surface area contributed by atoms with Gasteiger partial charge in [-0.3, -0.25) is 24.8 Å². The van der Waals surface area contributed by atoms with Crippen molar-refractivity contribution in [2.45, 2.75) is 25.8 Å². The van der Waals surface area contributed by atoms with Crippen LogP contribution in [0, 0.1) is 0 Å². The normalized spacial score (nSPS) is 15.4. The van der Waals surface area contributed by atoms with E-state index in [2.05, 4.69) is 25.1 Å². The molecule has 1 fully saturated rings. The summed E-state index contributed by atoms with van der Waals surface area (Å²) in [7, 11) is 0. The van der Waals surface area contributed by atoms with E-state index in [1.165, 1.54) is 11.3 Å². The molecule has 2 N–H and O–H groups in total. The van der Waals surface area contributed by atoms with Gasteiger partial charge in [0, 0.05) is 54.1 Å². The fourth-order valence-electron chi connectivity index (χ4n) is 5.04. The van der Waals surface area contributed by atoms with E-state index in [-0.39, 0.29) is 18.7 Å². The largest absolute Gasteiger partial charge is 0.335 e. The molecule has 1 aliphatic rings. The number of aromatic amines is 2. The molecular weight excluding hydrogens is 534 g/mol. The standard InChI is InChI=1S/C28H22F2N8OS/c1-15(39)22-4-5-23(40-22)18-11-32-12-21-24(18)35-27(34-21)26-25-20(36-37-26)3-2-19(33-25)17-8-16(9-31-10-17)13-38-7-6-28(29,30)14-38/h2-5,8-12H,6-7,13-14H2,1H3,(H,34,35)(H,36,37). The van der Waals surface area contributed by atoms with Crippen molar-refractivity contribution in [3.63, 3.8) is 0 Å². The number of Topliss-reactive ketones (excluding diaryl/α,β-unsaturated/α-hetero) is 1. The molecule has 200 valence electrons. The van der Waals surface area contributed by atoms with Crippen molar-refractivity contribution in [3.05, 3.63) is 65.6 Å². The highest BCUT2D eigenvalue weighted by Crippen LogP contribution is 2.35. The lowest BCUT2D eigenvalue weighted by Crippen LogP contribution is -2.24. The van der Waals surface area contributed by atoms with E-state index in [1.807, 2.05) is 30.3 Å². The molecule has 1 saturated heterocycles. The molecule has 40 heavy (non-hydrogen) atoms. The second-order valence-corrected chi connectivity index (χ2v) is 11.0. The Morgan fingerprint density at radius 3 is 2.73 bits per heavy atom. The van der Waals surface area contributed by atoms with Crippen molar-refractivity contribution in [1.82, 2.24) is 40.0 Å². The number of imidazole rings is 1. The number of pyridine rings is 3. The predicted molar refractivity (Wildman–Crippen MR) is 148 cm³/mol. The van der Waals surface area contributed by atoms with E-state index in [4.69, 9.17) is 9.97 Å². The number of ketones is 1. The number of halogens is 2. The number of H-pyrrole nitrogens is 2. The third-order valence-electron chi connectivity index (χ3n) is 6.99. The molecule has 0 aromatic carbocycles. The fourth-order valence-corrected chi connectivity index (χ4v) is 5.95. The molecule has 0 unspecified atom stereocenters. The quantitative estimate of drug-likeness (QED) is 0.252. The molecule has 0 amide bonds. The van der Waals surface area contributed by atoms with Crippen molar-refractivity contribution >= 4 is 39.2 Å². The van der Waals surface area contributed by atoms with E-state index in [9.17, 15) is 13.6 Å². The third-order valence-corrected chi connectivity index (χ3v) is 8.21. The Hall–Kier alpha value is -4.42. The Bertz CT molecular complexity index is 1910. The van der Waals surface area contributed by atoms with Crippen LogP contribution in [0.25, 0.3) is 55.3 Å². The zero-order valence-corrected chi connectivity index (χ0v) is 22.1. The molecule has 0 spiro atoms. The summed E-state index contributed by atoms with van der Waals surface area (Å²) >= 11 is 1.40. The first-order valence-electron chi connectivity index (χ1n) is 12.7. The van der Waals surface area contributed by atoms with E-state index in [0.717, 1.165) is 38.1 Å². The third kappa shape index (κ3) is 4.44. The molecule has 0 saturated carbocycles. The molecule has 9 nitrogen and oxygen atoms in total. The summed E-state index contributed by atoms with van der Waals surface area (Å²) in [5, 5.41) is 7.51. The molecular formula is C28H22F2N8OS. The van der Waals surface area contributed by atoms with Gasteiger partial charge in [-0.05, 0) is 42.8 Å². The maximum absolute atomic E-state index is 13.6. The van der Waals surface area contributed by atoms with Crippen LogP contribution in [0.3, 0.4) is 0 Å². The summed E-state index contributed by atoms with van der Waals surface area (Å²) in [4.78, 5) is 36.9. The maximum atomic E-state index is 13.6. The summed E-state index contributed by atoms with van der Waals surface area (Å²) < 4.78 is 27.3. The summed E-state index contributed by atoms with van der Waals surface area (Å²) in [5.74, 6) is -2.09. The second kappa shape index (κ2) is 9.35. The average Bonchev–Trinajstić information content (AvgIpc) is 3.73. The topological polar surface area (TPSA) is 116 Å². The molecule has 6 aromatic heterocycles. The second-order valence-electron chi connectivity index (χ2n) is 9.95. The van der Waals surface area contributed by atoms with Gasteiger partial charge in [-0.1, -0.05) is 0 Å². The monoisotopic (exact) mass is 556 g/mol. The highest BCUT2D eigenvalue weighted by molar-refractivity contribution is 7.17. The van der Waals surface area contributed by atoms with Crippen LogP contribution in [0.15, 0.2) is 55.1 Å². The number of aromatic nitrogens is 7. The van der Waals surface area contributed by atoms with Crippen LogP contribution in [0.5, 0.6) is 0 Å². The van der Waals surface area contributed by atoms with Crippen molar-refractivity contribution in [2.24, 2.45) is 0 Å². The number of likely N-dealkylation sites (tertiary alicyclic amines) is 1. The van der Waals surface area contributed by atoms with Gasteiger partial charge in [-0.15, -0.1) is 11.3 Å². The van der Waals surface area contributed by atoms with Crippen LogP contribution in [0.2, 0.25) is 0 Å². The molecule has 0 aliphatic carbocycles. The Kier molecular flexibility index (Phi) is 5.75. The minimum Gasteiger partial charge on any atom is -0.335 e. The number of carbonyl (C=O) groups is 1. The van der Waals surface area contributed by atoms with Crippen molar-refractivity contribution in [1.29, 1.82) is 0 Å². The zero-order valence-electron chi connectivity index (χ0n) is 21.3. The Morgan fingerprint density at radius 2 is 1.93 bits per heavy atom. The molecule has 6 aromatic rings. The Balaban J connectivity index is 1.24. The van der Waals surface area contributed by atoms with Gasteiger partial charge in [0.15, 0.2) is 17.3 Å². The van der Waals surface area contributed by atoms with Gasteiger partial charge in [-0.2, -0.15) is 5.10 Å². The highest BCUT2D eigenvalue weighted by Gasteiger charge is 2.37. The fraction of sp³-hybridized carbons (Fsp3) is 0.214. The van der Waals surface area contributed by atoms with Gasteiger partial charge in [0.1, 0.15) is 11.0 Å².